The van der Waals surface area contributed by atoms with Crippen LogP contribution in [0, 0.1) is 13.8 Å². The number of carbonyl (C=O) groups excluding carboxylic acids is 1. The summed E-state index contributed by atoms with van der Waals surface area (Å²) in [6.45, 7) is 4.86. The summed E-state index contributed by atoms with van der Waals surface area (Å²) < 4.78 is 28.6. The zero-order valence-corrected chi connectivity index (χ0v) is 38.6. The summed E-state index contributed by atoms with van der Waals surface area (Å²) in [6, 6.07) is 49.8. The SMILES string of the molecule is COC(=O)c1cc(-n2c(C)ccc2-c2cc(Br)ccc2OCc2ccccc2)ccc1OC.Cc1ccc(-c2cc(Br)ccc2OCc2ccccc2)n1-c1ccc(O)c(C(=O)O)c1. The molecule has 2 N–H and O–H groups in total. The molecule has 10 nitrogen and oxygen atoms in total. The number of esters is 1. The van der Waals surface area contributed by atoms with Gasteiger partial charge in [0.1, 0.15) is 47.3 Å². The summed E-state index contributed by atoms with van der Waals surface area (Å²) >= 11 is 7.14. The lowest BCUT2D eigenvalue weighted by atomic mass is 10.1. The summed E-state index contributed by atoms with van der Waals surface area (Å²) in [4.78, 5) is 23.8. The number of aromatic carboxylic acids is 1. The molecule has 0 radical (unpaired) electrons. The first-order chi connectivity index (χ1) is 30.9. The van der Waals surface area contributed by atoms with Gasteiger partial charge in [-0.2, -0.15) is 0 Å². The molecule has 0 fully saturated rings. The number of aromatic nitrogens is 2. The second-order valence-corrected chi connectivity index (χ2v) is 16.4. The maximum Gasteiger partial charge on any atom is 0.341 e. The fourth-order valence-corrected chi connectivity index (χ4v) is 7.97. The van der Waals surface area contributed by atoms with Gasteiger partial charge in [0.2, 0.25) is 0 Å². The number of aromatic hydroxyl groups is 1. The van der Waals surface area contributed by atoms with E-state index < -0.39 is 11.9 Å². The number of aryl methyl sites for hydroxylation is 2. The van der Waals surface area contributed by atoms with Crippen molar-refractivity contribution in [1.82, 2.24) is 9.13 Å². The van der Waals surface area contributed by atoms with Gasteiger partial charge in [0, 0.05) is 42.8 Å². The molecule has 2 heterocycles. The maximum atomic E-state index is 12.3. The van der Waals surface area contributed by atoms with Crippen LogP contribution in [0.5, 0.6) is 23.0 Å². The second-order valence-electron chi connectivity index (χ2n) is 14.6. The first-order valence-corrected chi connectivity index (χ1v) is 21.7. The van der Waals surface area contributed by atoms with Crippen molar-refractivity contribution in [3.8, 4) is 56.9 Å². The van der Waals surface area contributed by atoms with Crippen LogP contribution < -0.4 is 14.2 Å². The molecule has 0 bridgehead atoms. The topological polar surface area (TPSA) is 121 Å². The summed E-state index contributed by atoms with van der Waals surface area (Å²) in [7, 11) is 2.89. The summed E-state index contributed by atoms with van der Waals surface area (Å²) in [5.41, 5.74) is 9.37. The Morgan fingerprint density at radius 2 is 1.00 bits per heavy atom. The predicted molar refractivity (Wildman–Crippen MR) is 255 cm³/mol. The molecule has 0 unspecified atom stereocenters. The number of carboxylic acids is 1. The number of carbonyl (C=O) groups is 2. The molecule has 0 atom stereocenters. The minimum atomic E-state index is -1.18. The summed E-state index contributed by atoms with van der Waals surface area (Å²) in [5.74, 6) is 0.0458. The van der Waals surface area contributed by atoms with E-state index in [-0.39, 0.29) is 11.3 Å². The Kier molecular flexibility index (Phi) is 14.4. The molecule has 324 valence electrons. The van der Waals surface area contributed by atoms with Crippen molar-refractivity contribution in [1.29, 1.82) is 0 Å². The number of rotatable bonds is 13. The molecule has 6 aromatic carbocycles. The van der Waals surface area contributed by atoms with Gasteiger partial charge >= 0.3 is 11.9 Å². The smallest absolute Gasteiger partial charge is 0.341 e. The fourth-order valence-electron chi connectivity index (χ4n) is 7.25. The van der Waals surface area contributed by atoms with E-state index in [9.17, 15) is 19.8 Å². The van der Waals surface area contributed by atoms with E-state index in [2.05, 4.69) is 42.5 Å². The highest BCUT2D eigenvalue weighted by Gasteiger charge is 2.20. The molecule has 0 saturated heterocycles. The van der Waals surface area contributed by atoms with Gasteiger partial charge in [-0.1, -0.05) is 92.5 Å². The van der Waals surface area contributed by atoms with Crippen LogP contribution in [0.4, 0.5) is 0 Å². The number of nitrogens with zero attached hydrogens (tertiary/aromatic N) is 2. The Bertz CT molecular complexity index is 2930. The Hall–Kier alpha value is -7.02. The number of ether oxygens (including phenoxy) is 4. The molecule has 64 heavy (non-hydrogen) atoms. The van der Waals surface area contributed by atoms with Gasteiger partial charge < -0.3 is 38.3 Å². The van der Waals surface area contributed by atoms with Crippen LogP contribution in [0.2, 0.25) is 0 Å². The molecule has 8 rings (SSSR count). The highest BCUT2D eigenvalue weighted by atomic mass is 79.9. The number of hydrogen-bond donors (Lipinski definition) is 2. The quantitative estimate of drug-likeness (QED) is 0.110. The summed E-state index contributed by atoms with van der Waals surface area (Å²) in [6.07, 6.45) is 0. The van der Waals surface area contributed by atoms with Crippen LogP contribution in [0.15, 0.2) is 167 Å². The van der Waals surface area contributed by atoms with Crippen molar-refractivity contribution >= 4 is 43.8 Å². The molecular formula is C52H44Br2N2O8. The average molecular weight is 985 g/mol. The van der Waals surface area contributed by atoms with Gasteiger partial charge in [0.25, 0.3) is 0 Å². The van der Waals surface area contributed by atoms with Gasteiger partial charge in [-0.25, -0.2) is 9.59 Å². The third-order valence-corrected chi connectivity index (χ3v) is 11.4. The van der Waals surface area contributed by atoms with E-state index in [0.717, 1.165) is 65.4 Å². The third kappa shape index (κ3) is 10.3. The zero-order chi connectivity index (χ0) is 45.3. The van der Waals surface area contributed by atoms with Crippen LogP contribution in [-0.4, -0.2) is 45.5 Å². The standard InChI is InChI=1S/C27H24BrNO4.C25H20BrNO4/c1-18-9-12-24(29(18)21-11-14-25(31-2)23(16-21)27(30)32-3)22-15-20(28)10-13-26(22)33-17-19-7-5-4-6-8-19;1-16-7-10-22(27(16)19-9-11-23(28)21(14-19)25(29)30)20-13-18(26)8-12-24(20)31-15-17-5-3-2-4-6-17/h4-16H,17H2,1-3H3;2-14,28H,15H2,1H3,(H,29,30). The lowest BCUT2D eigenvalue weighted by Crippen LogP contribution is -2.07. The molecule has 0 spiro atoms. The molecule has 0 aliphatic heterocycles. The van der Waals surface area contributed by atoms with Gasteiger partial charge in [0.15, 0.2) is 0 Å². The second kappa shape index (κ2) is 20.4. The van der Waals surface area contributed by atoms with E-state index >= 15 is 0 Å². The molecule has 0 saturated carbocycles. The predicted octanol–water partition coefficient (Wildman–Crippen LogP) is 12.8. The van der Waals surface area contributed by atoms with Crippen molar-refractivity contribution in [2.24, 2.45) is 0 Å². The largest absolute Gasteiger partial charge is 0.507 e. The van der Waals surface area contributed by atoms with E-state index in [4.69, 9.17) is 18.9 Å². The zero-order valence-electron chi connectivity index (χ0n) is 35.4. The van der Waals surface area contributed by atoms with Crippen LogP contribution in [0.3, 0.4) is 0 Å². The molecule has 12 heteroatoms. The van der Waals surface area contributed by atoms with E-state index in [1.54, 1.807) is 18.2 Å². The van der Waals surface area contributed by atoms with Crippen LogP contribution in [0.25, 0.3) is 33.9 Å². The number of halogens is 2. The average Bonchev–Trinajstić information content (AvgIpc) is 3.90. The van der Waals surface area contributed by atoms with Crippen molar-refractivity contribution in [3.63, 3.8) is 0 Å². The van der Waals surface area contributed by atoms with E-state index in [1.807, 2.05) is 140 Å². The minimum Gasteiger partial charge on any atom is -0.507 e. The molecule has 8 aromatic rings. The number of hydrogen-bond acceptors (Lipinski definition) is 7. The number of benzene rings is 6. The number of phenols is 1. The van der Waals surface area contributed by atoms with E-state index in [1.165, 1.54) is 26.4 Å². The number of methoxy groups -OCH3 is 2. The Balaban J connectivity index is 0.000000192. The Morgan fingerprint density at radius 3 is 1.45 bits per heavy atom. The monoisotopic (exact) mass is 982 g/mol. The molecule has 0 aliphatic rings. The van der Waals surface area contributed by atoms with Crippen LogP contribution >= 0.6 is 31.9 Å². The highest BCUT2D eigenvalue weighted by Crippen LogP contribution is 2.39. The summed E-state index contributed by atoms with van der Waals surface area (Å²) in [5, 5.41) is 19.3. The molecular weight excluding hydrogens is 940 g/mol. The number of carboxylic acid groups (broad SMARTS) is 1. The normalized spacial score (nSPS) is 10.7. The lowest BCUT2D eigenvalue weighted by Gasteiger charge is -2.17. The maximum absolute atomic E-state index is 12.3. The van der Waals surface area contributed by atoms with Gasteiger partial charge in [0.05, 0.1) is 25.6 Å². The molecule has 0 amide bonds. The third-order valence-electron chi connectivity index (χ3n) is 10.4. The van der Waals surface area contributed by atoms with Crippen molar-refractivity contribution < 1.29 is 38.7 Å². The van der Waals surface area contributed by atoms with Crippen molar-refractivity contribution in [3.05, 3.63) is 200 Å². The Labute approximate surface area is 388 Å². The minimum absolute atomic E-state index is 0.147. The fraction of sp³-hybridized carbons (Fsp3) is 0.115. The van der Waals surface area contributed by atoms with Crippen LogP contribution in [-0.2, 0) is 18.0 Å². The Morgan fingerprint density at radius 1 is 0.547 bits per heavy atom. The lowest BCUT2D eigenvalue weighted by molar-refractivity contribution is 0.0596. The van der Waals surface area contributed by atoms with Crippen LogP contribution in [0.1, 0.15) is 43.2 Å². The van der Waals surface area contributed by atoms with Gasteiger partial charge in [-0.15, -0.1) is 0 Å². The highest BCUT2D eigenvalue weighted by molar-refractivity contribution is 9.10. The van der Waals surface area contributed by atoms with Crippen molar-refractivity contribution in [2.75, 3.05) is 14.2 Å². The first-order valence-electron chi connectivity index (χ1n) is 20.1. The van der Waals surface area contributed by atoms with E-state index in [0.29, 0.717) is 36.0 Å². The first kappa shape index (κ1) is 45.0. The molecule has 2 aromatic heterocycles. The van der Waals surface area contributed by atoms with Gasteiger partial charge in [-0.05, 0) is 122 Å². The van der Waals surface area contributed by atoms with Crippen molar-refractivity contribution in [2.45, 2.75) is 27.1 Å². The van der Waals surface area contributed by atoms with Gasteiger partial charge in [-0.3, -0.25) is 0 Å². The molecule has 0 aliphatic carbocycles.